The number of hydroxylamine groups is 1. The van der Waals surface area contributed by atoms with E-state index >= 15 is 0 Å². The molecule has 2 aromatic rings. The van der Waals surface area contributed by atoms with Gasteiger partial charge in [-0.3, -0.25) is 19.7 Å². The van der Waals surface area contributed by atoms with Crippen LogP contribution in [0.5, 0.6) is 11.5 Å². The van der Waals surface area contributed by atoms with Gasteiger partial charge in [0.25, 0.3) is 5.91 Å². The summed E-state index contributed by atoms with van der Waals surface area (Å²) in [7, 11) is 0. The van der Waals surface area contributed by atoms with Crippen molar-refractivity contribution in [2.45, 2.75) is 75.9 Å². The molecule has 8 heteroatoms. The maximum absolute atomic E-state index is 14.0. The molecule has 4 bridgehead atoms. The molecule has 38 heavy (non-hydrogen) atoms. The molecule has 4 amide bonds. The van der Waals surface area contributed by atoms with Crippen molar-refractivity contribution < 1.29 is 24.3 Å². The normalized spacial score (nSPS) is 29.7. The van der Waals surface area contributed by atoms with Crippen molar-refractivity contribution in [3.63, 3.8) is 0 Å². The second-order valence-electron chi connectivity index (χ2n) is 11.7. The van der Waals surface area contributed by atoms with Gasteiger partial charge in [0.15, 0.2) is 0 Å². The molecule has 1 atom stereocenters. The SMILES string of the molecule is O=C(CCCC1C(=O)N(C23CC4CC(CC(C4)C2)C3)C(=O)N1Cc1ccc(Oc2ccccc2)cc1)NO. The topological polar surface area (TPSA) is 99.2 Å². The Labute approximate surface area is 222 Å². The lowest BCUT2D eigenvalue weighted by Gasteiger charge is -2.58. The van der Waals surface area contributed by atoms with Gasteiger partial charge in [-0.25, -0.2) is 10.3 Å². The van der Waals surface area contributed by atoms with E-state index < -0.39 is 11.9 Å². The predicted octanol–water partition coefficient (Wildman–Crippen LogP) is 5.26. The Morgan fingerprint density at radius 3 is 2.13 bits per heavy atom. The highest BCUT2D eigenvalue weighted by molar-refractivity contribution is 6.05. The molecule has 0 aromatic heterocycles. The van der Waals surface area contributed by atoms with Gasteiger partial charge >= 0.3 is 6.03 Å². The second kappa shape index (κ2) is 10.1. The molecule has 1 saturated heterocycles. The highest BCUT2D eigenvalue weighted by Gasteiger charge is 2.60. The van der Waals surface area contributed by atoms with Gasteiger partial charge in [-0.15, -0.1) is 0 Å². The molecule has 4 saturated carbocycles. The van der Waals surface area contributed by atoms with E-state index in [4.69, 9.17) is 9.94 Å². The van der Waals surface area contributed by atoms with Crippen LogP contribution in [-0.2, 0) is 16.1 Å². The van der Waals surface area contributed by atoms with Crippen LogP contribution in [0.3, 0.4) is 0 Å². The number of imide groups is 1. The molecule has 8 nitrogen and oxygen atoms in total. The van der Waals surface area contributed by atoms with E-state index in [1.165, 1.54) is 19.3 Å². The fourth-order valence-electron chi connectivity index (χ4n) is 7.87. The van der Waals surface area contributed by atoms with Crippen molar-refractivity contribution in [1.82, 2.24) is 15.3 Å². The molecule has 5 fully saturated rings. The minimum absolute atomic E-state index is 0.102. The maximum Gasteiger partial charge on any atom is 0.328 e. The van der Waals surface area contributed by atoms with E-state index in [1.54, 1.807) is 15.3 Å². The summed E-state index contributed by atoms with van der Waals surface area (Å²) in [6.07, 6.45) is 7.37. The maximum atomic E-state index is 14.0. The Morgan fingerprint density at radius 1 is 0.921 bits per heavy atom. The molecule has 1 unspecified atom stereocenters. The molecule has 0 spiro atoms. The molecular weight excluding hydrogens is 482 g/mol. The van der Waals surface area contributed by atoms with Crippen molar-refractivity contribution in [3.05, 3.63) is 60.2 Å². The van der Waals surface area contributed by atoms with E-state index in [9.17, 15) is 14.4 Å². The first-order chi connectivity index (χ1) is 18.4. The molecule has 1 heterocycles. The van der Waals surface area contributed by atoms with Crippen LogP contribution in [-0.4, -0.2) is 44.4 Å². The minimum Gasteiger partial charge on any atom is -0.457 e. The average Bonchev–Trinajstić information content (AvgIpc) is 3.14. The molecule has 2 N–H and O–H groups in total. The van der Waals surface area contributed by atoms with Crippen molar-refractivity contribution in [1.29, 1.82) is 0 Å². The number of amides is 4. The lowest BCUT2D eigenvalue weighted by atomic mass is 9.52. The summed E-state index contributed by atoms with van der Waals surface area (Å²) in [6.45, 7) is 0.315. The highest BCUT2D eigenvalue weighted by Crippen LogP contribution is 2.58. The number of nitrogens with zero attached hydrogens (tertiary/aromatic N) is 2. The summed E-state index contributed by atoms with van der Waals surface area (Å²) in [5.74, 6) is 2.68. The quantitative estimate of drug-likeness (QED) is 0.269. The third kappa shape index (κ3) is 4.66. The third-order valence-corrected chi connectivity index (χ3v) is 9.06. The van der Waals surface area contributed by atoms with Gasteiger partial charge in [0.1, 0.15) is 17.5 Å². The number of carbonyl (C=O) groups excluding carboxylic acids is 3. The standard InChI is InChI=1S/C30H35N3O5/c34-27(31-37)8-4-7-26-28(35)33(30-16-21-13-22(17-30)15-23(14-21)18-30)29(36)32(26)19-20-9-11-25(12-10-20)38-24-5-2-1-3-6-24/h1-3,5-6,9-12,21-23,26,37H,4,7-8,13-19H2,(H,31,34). The predicted molar refractivity (Wildman–Crippen MR) is 139 cm³/mol. The summed E-state index contributed by atoms with van der Waals surface area (Å²) in [5, 5.41) is 8.87. The number of rotatable bonds is 9. The first-order valence-electron chi connectivity index (χ1n) is 13.8. The van der Waals surface area contributed by atoms with Crippen molar-refractivity contribution in [2.75, 3.05) is 0 Å². The van der Waals surface area contributed by atoms with Gasteiger partial charge in [0.2, 0.25) is 5.91 Å². The van der Waals surface area contributed by atoms with Crippen LogP contribution in [0.1, 0.15) is 63.4 Å². The molecule has 5 aliphatic rings. The van der Waals surface area contributed by atoms with Crippen molar-refractivity contribution in [3.8, 4) is 11.5 Å². The molecule has 0 radical (unpaired) electrons. The molecule has 7 rings (SSSR count). The molecule has 4 aliphatic carbocycles. The van der Waals surface area contributed by atoms with E-state index in [2.05, 4.69) is 0 Å². The summed E-state index contributed by atoms with van der Waals surface area (Å²) < 4.78 is 5.90. The number of ether oxygens (including phenoxy) is 1. The van der Waals surface area contributed by atoms with Crippen LogP contribution in [0.15, 0.2) is 54.6 Å². The zero-order valence-electron chi connectivity index (χ0n) is 21.6. The Morgan fingerprint density at radius 2 is 1.53 bits per heavy atom. The molecule has 200 valence electrons. The smallest absolute Gasteiger partial charge is 0.328 e. The summed E-state index contributed by atoms with van der Waals surface area (Å²) >= 11 is 0. The lowest BCUT2D eigenvalue weighted by molar-refractivity contribution is -0.141. The zero-order valence-corrected chi connectivity index (χ0v) is 21.6. The number of urea groups is 1. The number of carbonyl (C=O) groups is 3. The van der Waals surface area contributed by atoms with Crippen LogP contribution < -0.4 is 10.2 Å². The number of benzene rings is 2. The van der Waals surface area contributed by atoms with Gasteiger partial charge in [0.05, 0.1) is 5.54 Å². The zero-order chi connectivity index (χ0) is 26.3. The fraction of sp³-hybridized carbons (Fsp3) is 0.500. The number of nitrogens with one attached hydrogen (secondary N) is 1. The highest BCUT2D eigenvalue weighted by atomic mass is 16.5. The summed E-state index contributed by atoms with van der Waals surface area (Å²) in [6, 6.07) is 16.4. The van der Waals surface area contributed by atoms with E-state index in [0.29, 0.717) is 42.9 Å². The van der Waals surface area contributed by atoms with Gasteiger partial charge in [0, 0.05) is 13.0 Å². The Kier molecular flexibility index (Phi) is 6.60. The lowest BCUT2D eigenvalue weighted by Crippen LogP contribution is -2.62. The minimum atomic E-state index is -0.609. The Balaban J connectivity index is 1.22. The van der Waals surface area contributed by atoms with E-state index in [-0.39, 0.29) is 23.9 Å². The van der Waals surface area contributed by atoms with Crippen molar-refractivity contribution in [2.24, 2.45) is 17.8 Å². The first-order valence-corrected chi connectivity index (χ1v) is 13.8. The number of hydrogen-bond donors (Lipinski definition) is 2. The summed E-state index contributed by atoms with van der Waals surface area (Å²) in [5.41, 5.74) is 2.21. The average molecular weight is 518 g/mol. The number of hydrogen-bond acceptors (Lipinski definition) is 5. The van der Waals surface area contributed by atoms with Gasteiger partial charge in [-0.1, -0.05) is 30.3 Å². The third-order valence-electron chi connectivity index (χ3n) is 9.06. The van der Waals surface area contributed by atoms with Crippen LogP contribution in [0.4, 0.5) is 4.79 Å². The van der Waals surface area contributed by atoms with Crippen molar-refractivity contribution >= 4 is 17.8 Å². The molecular formula is C30H35N3O5. The second-order valence-corrected chi connectivity index (χ2v) is 11.7. The summed E-state index contributed by atoms with van der Waals surface area (Å²) in [4.78, 5) is 42.9. The van der Waals surface area contributed by atoms with E-state index in [0.717, 1.165) is 30.6 Å². The van der Waals surface area contributed by atoms with E-state index in [1.807, 2.05) is 54.6 Å². The molecule has 1 aliphatic heterocycles. The van der Waals surface area contributed by atoms with Gasteiger partial charge in [-0.05, 0) is 98.9 Å². The number of para-hydroxylation sites is 1. The van der Waals surface area contributed by atoms with Crippen LogP contribution in [0.25, 0.3) is 0 Å². The monoisotopic (exact) mass is 517 g/mol. The van der Waals surface area contributed by atoms with Crippen LogP contribution in [0, 0.1) is 17.8 Å². The van der Waals surface area contributed by atoms with Gasteiger partial charge < -0.3 is 9.64 Å². The largest absolute Gasteiger partial charge is 0.457 e. The fourth-order valence-corrected chi connectivity index (χ4v) is 7.87. The van der Waals surface area contributed by atoms with Gasteiger partial charge in [-0.2, -0.15) is 0 Å². The van der Waals surface area contributed by atoms with Crippen LogP contribution >= 0.6 is 0 Å². The Hall–Kier alpha value is -3.39. The Bertz CT molecular complexity index is 1160. The van der Waals surface area contributed by atoms with Crippen LogP contribution in [0.2, 0.25) is 0 Å². The molecule has 2 aromatic carbocycles. The first kappa shape index (κ1) is 24.9.